The van der Waals surface area contributed by atoms with Gasteiger partial charge in [-0.3, -0.25) is 0 Å². The average Bonchev–Trinajstić information content (AvgIpc) is 2.41. The van der Waals surface area contributed by atoms with Crippen LogP contribution in [0.3, 0.4) is 0 Å². The summed E-state index contributed by atoms with van der Waals surface area (Å²) in [6.45, 7) is 4.30. The lowest BCUT2D eigenvalue weighted by atomic mass is 10.1. The summed E-state index contributed by atoms with van der Waals surface area (Å²) in [5.74, 6) is -0.904. The Hall–Kier alpha value is -1.75. The Morgan fingerprint density at radius 2 is 2.05 bits per heavy atom. The summed E-state index contributed by atoms with van der Waals surface area (Å²) in [6.07, 6.45) is -0.776. The maximum Gasteiger partial charge on any atom is 0.334 e. The van der Waals surface area contributed by atoms with Crippen molar-refractivity contribution in [2.24, 2.45) is 0 Å². The summed E-state index contributed by atoms with van der Waals surface area (Å²) in [5, 5.41) is 9.17. The molecule has 0 saturated carbocycles. The molecule has 0 aromatic heterocycles. The molecule has 1 aromatic rings. The van der Waals surface area contributed by atoms with E-state index in [9.17, 15) is 9.90 Å². The highest BCUT2D eigenvalue weighted by Gasteiger charge is 2.26. The molecule has 1 aromatic carbocycles. The highest BCUT2D eigenvalue weighted by atomic mass is 16.5. The molecule has 1 N–H and O–H groups in total. The molecule has 0 aliphatic carbocycles. The van der Waals surface area contributed by atoms with Gasteiger partial charge in [-0.25, -0.2) is 4.79 Å². The summed E-state index contributed by atoms with van der Waals surface area (Å²) >= 11 is 0. The Bertz CT molecular complexity index is 450. The number of anilines is 2. The van der Waals surface area contributed by atoms with Gasteiger partial charge in [0.15, 0.2) is 6.10 Å². The first-order valence-electron chi connectivity index (χ1n) is 6.53. The largest absolute Gasteiger partial charge is 0.479 e. The van der Waals surface area contributed by atoms with Gasteiger partial charge in [0.1, 0.15) is 0 Å². The molecule has 1 atom stereocenters. The molecule has 2 rings (SSSR count). The lowest BCUT2D eigenvalue weighted by Gasteiger charge is -2.37. The number of carboxylic acid groups (broad SMARTS) is 1. The Morgan fingerprint density at radius 3 is 2.68 bits per heavy atom. The van der Waals surface area contributed by atoms with Crippen LogP contribution >= 0.6 is 0 Å². The van der Waals surface area contributed by atoms with Crippen molar-refractivity contribution in [2.45, 2.75) is 13.0 Å². The summed E-state index contributed by atoms with van der Waals surface area (Å²) < 4.78 is 5.29. The molecule has 1 heterocycles. The van der Waals surface area contributed by atoms with Gasteiger partial charge >= 0.3 is 5.97 Å². The number of carboxylic acids is 1. The van der Waals surface area contributed by atoms with E-state index in [0.29, 0.717) is 13.2 Å². The molecular weight excluding hydrogens is 244 g/mol. The van der Waals surface area contributed by atoms with Crippen molar-refractivity contribution >= 4 is 17.3 Å². The van der Waals surface area contributed by atoms with Gasteiger partial charge in [-0.2, -0.15) is 0 Å². The minimum absolute atomic E-state index is 0.383. The first kappa shape index (κ1) is 13.7. The van der Waals surface area contributed by atoms with Crippen molar-refractivity contribution in [3.63, 3.8) is 0 Å². The van der Waals surface area contributed by atoms with Gasteiger partial charge in [0.05, 0.1) is 17.9 Å². The van der Waals surface area contributed by atoms with E-state index in [-0.39, 0.29) is 0 Å². The Labute approximate surface area is 113 Å². The van der Waals surface area contributed by atoms with Crippen molar-refractivity contribution in [3.05, 3.63) is 24.3 Å². The number of hydrogen-bond donors (Lipinski definition) is 1. The molecule has 1 aliphatic heterocycles. The van der Waals surface area contributed by atoms with Gasteiger partial charge in [0.2, 0.25) is 0 Å². The summed E-state index contributed by atoms with van der Waals surface area (Å²) in [5.41, 5.74) is 2.21. The molecule has 5 nitrogen and oxygen atoms in total. The predicted octanol–water partition coefficient (Wildman–Crippen LogP) is 1.43. The molecule has 0 bridgehead atoms. The first-order chi connectivity index (χ1) is 9.13. The minimum Gasteiger partial charge on any atom is -0.479 e. The van der Waals surface area contributed by atoms with Crippen LogP contribution in [0.2, 0.25) is 0 Å². The number of hydrogen-bond acceptors (Lipinski definition) is 4. The van der Waals surface area contributed by atoms with Gasteiger partial charge in [0.25, 0.3) is 0 Å². The average molecular weight is 264 g/mol. The maximum atomic E-state index is 11.2. The SMILES string of the molecule is CCOC(CN1CCN(C)c2ccccc21)C(=O)O. The molecule has 0 saturated heterocycles. The zero-order valence-electron chi connectivity index (χ0n) is 11.4. The van der Waals surface area contributed by atoms with Gasteiger partial charge < -0.3 is 19.6 Å². The molecule has 5 heteroatoms. The highest BCUT2D eigenvalue weighted by molar-refractivity contribution is 5.76. The van der Waals surface area contributed by atoms with E-state index in [4.69, 9.17) is 4.74 Å². The lowest BCUT2D eigenvalue weighted by molar-refractivity contribution is -0.149. The van der Waals surface area contributed by atoms with Gasteiger partial charge in [-0.15, -0.1) is 0 Å². The van der Waals surface area contributed by atoms with E-state index in [1.54, 1.807) is 0 Å². The molecule has 1 unspecified atom stereocenters. The number of aliphatic carboxylic acids is 1. The third-order valence-electron chi connectivity index (χ3n) is 3.37. The number of fused-ring (bicyclic) bond motifs is 1. The van der Waals surface area contributed by atoms with Gasteiger partial charge in [0, 0.05) is 26.7 Å². The van der Waals surface area contributed by atoms with Crippen molar-refractivity contribution in [1.29, 1.82) is 0 Å². The third kappa shape index (κ3) is 2.98. The second-order valence-corrected chi connectivity index (χ2v) is 4.64. The fourth-order valence-electron chi connectivity index (χ4n) is 2.36. The Morgan fingerprint density at radius 1 is 1.37 bits per heavy atom. The number of carbonyl (C=O) groups is 1. The topological polar surface area (TPSA) is 53.0 Å². The quantitative estimate of drug-likeness (QED) is 0.872. The molecule has 1 aliphatic rings. The van der Waals surface area contributed by atoms with Crippen LogP contribution in [0, 0.1) is 0 Å². The normalized spacial score (nSPS) is 16.1. The third-order valence-corrected chi connectivity index (χ3v) is 3.37. The van der Waals surface area contributed by atoms with E-state index in [2.05, 4.69) is 15.9 Å². The number of benzene rings is 1. The van der Waals surface area contributed by atoms with E-state index < -0.39 is 12.1 Å². The van der Waals surface area contributed by atoms with E-state index in [1.165, 1.54) is 0 Å². The molecule has 104 valence electrons. The second kappa shape index (κ2) is 5.93. The van der Waals surface area contributed by atoms with Crippen LogP contribution in [0.5, 0.6) is 0 Å². The number of ether oxygens (including phenoxy) is 1. The smallest absolute Gasteiger partial charge is 0.334 e. The van der Waals surface area contributed by atoms with Crippen LogP contribution in [0.4, 0.5) is 11.4 Å². The molecular formula is C14H20N2O3. The molecule has 0 fully saturated rings. The zero-order valence-corrected chi connectivity index (χ0v) is 11.4. The van der Waals surface area contributed by atoms with E-state index >= 15 is 0 Å². The van der Waals surface area contributed by atoms with Crippen molar-refractivity contribution in [3.8, 4) is 0 Å². The van der Waals surface area contributed by atoms with Crippen LogP contribution in [-0.2, 0) is 9.53 Å². The molecule has 0 amide bonds. The van der Waals surface area contributed by atoms with E-state index in [0.717, 1.165) is 24.5 Å². The number of nitrogens with zero attached hydrogens (tertiary/aromatic N) is 2. The lowest BCUT2D eigenvalue weighted by Crippen LogP contribution is -2.45. The predicted molar refractivity (Wildman–Crippen MR) is 75.0 cm³/mol. The first-order valence-corrected chi connectivity index (χ1v) is 6.53. The summed E-state index contributed by atoms with van der Waals surface area (Å²) in [6, 6.07) is 8.05. The number of para-hydroxylation sites is 2. The van der Waals surface area contributed by atoms with Crippen molar-refractivity contribution < 1.29 is 14.6 Å². The zero-order chi connectivity index (χ0) is 13.8. The van der Waals surface area contributed by atoms with E-state index in [1.807, 2.05) is 32.2 Å². The van der Waals surface area contributed by atoms with Crippen LogP contribution in [0.15, 0.2) is 24.3 Å². The summed E-state index contributed by atoms with van der Waals surface area (Å²) in [7, 11) is 2.05. The fourth-order valence-corrected chi connectivity index (χ4v) is 2.36. The molecule has 0 spiro atoms. The van der Waals surface area contributed by atoms with Crippen molar-refractivity contribution in [2.75, 3.05) is 43.1 Å². The van der Waals surface area contributed by atoms with Crippen LogP contribution in [-0.4, -0.2) is 50.5 Å². The second-order valence-electron chi connectivity index (χ2n) is 4.64. The fraction of sp³-hybridized carbons (Fsp3) is 0.500. The number of likely N-dealkylation sites (N-methyl/N-ethyl adjacent to an activating group) is 1. The Balaban J connectivity index is 2.17. The van der Waals surface area contributed by atoms with Crippen molar-refractivity contribution in [1.82, 2.24) is 0 Å². The Kier molecular flexibility index (Phi) is 4.27. The monoisotopic (exact) mass is 264 g/mol. The standard InChI is InChI=1S/C14H20N2O3/c1-3-19-13(14(17)18)10-16-9-8-15(2)11-6-4-5-7-12(11)16/h4-7,13H,3,8-10H2,1-2H3,(H,17,18). The van der Waals surface area contributed by atoms with Crippen LogP contribution < -0.4 is 9.80 Å². The van der Waals surface area contributed by atoms with Gasteiger partial charge in [-0.1, -0.05) is 12.1 Å². The number of rotatable bonds is 5. The summed E-state index contributed by atoms with van der Waals surface area (Å²) in [4.78, 5) is 15.4. The van der Waals surface area contributed by atoms with Gasteiger partial charge in [-0.05, 0) is 19.1 Å². The molecule has 19 heavy (non-hydrogen) atoms. The van der Waals surface area contributed by atoms with Crippen LogP contribution in [0.1, 0.15) is 6.92 Å². The minimum atomic E-state index is -0.904. The highest BCUT2D eigenvalue weighted by Crippen LogP contribution is 2.31. The van der Waals surface area contributed by atoms with Crippen LogP contribution in [0.25, 0.3) is 0 Å². The molecule has 0 radical (unpaired) electrons. The maximum absolute atomic E-state index is 11.2.